The topological polar surface area (TPSA) is 41.5 Å². The second-order valence-electron chi connectivity index (χ2n) is 7.53. The van der Waals surface area contributed by atoms with Crippen molar-refractivity contribution in [3.05, 3.63) is 29.3 Å². The average molecular weight is 289 g/mol. The lowest BCUT2D eigenvalue weighted by Crippen LogP contribution is -2.44. The minimum absolute atomic E-state index is 0.395. The third-order valence-corrected chi connectivity index (χ3v) is 5.07. The molecular formula is C18H27NO2. The molecule has 0 bridgehead atoms. The molecule has 0 aromatic heterocycles. The SMILES string of the molecule is CC1(C)CCC(O)(CNCc2ccc3c(c2)CCO3)CC1. The number of benzene rings is 1. The molecule has 3 nitrogen and oxygen atoms in total. The van der Waals surface area contributed by atoms with E-state index in [0.29, 0.717) is 12.0 Å². The highest BCUT2D eigenvalue weighted by atomic mass is 16.5. The van der Waals surface area contributed by atoms with Gasteiger partial charge in [0, 0.05) is 19.5 Å². The minimum Gasteiger partial charge on any atom is -0.493 e. The van der Waals surface area contributed by atoms with Crippen molar-refractivity contribution < 1.29 is 9.84 Å². The number of hydrogen-bond donors (Lipinski definition) is 2. The summed E-state index contributed by atoms with van der Waals surface area (Å²) in [5.41, 5.74) is 2.47. The zero-order valence-corrected chi connectivity index (χ0v) is 13.2. The fraction of sp³-hybridized carbons (Fsp3) is 0.667. The van der Waals surface area contributed by atoms with Crippen LogP contribution >= 0.6 is 0 Å². The Morgan fingerprint density at radius 2 is 1.95 bits per heavy atom. The van der Waals surface area contributed by atoms with E-state index in [0.717, 1.165) is 51.0 Å². The quantitative estimate of drug-likeness (QED) is 0.895. The molecule has 116 valence electrons. The Morgan fingerprint density at radius 1 is 1.19 bits per heavy atom. The first-order valence-electron chi connectivity index (χ1n) is 8.14. The van der Waals surface area contributed by atoms with E-state index in [-0.39, 0.29) is 0 Å². The Morgan fingerprint density at radius 3 is 2.71 bits per heavy atom. The summed E-state index contributed by atoms with van der Waals surface area (Å²) >= 11 is 0. The fourth-order valence-corrected chi connectivity index (χ4v) is 3.36. The van der Waals surface area contributed by atoms with Crippen molar-refractivity contribution >= 4 is 0 Å². The van der Waals surface area contributed by atoms with Crippen molar-refractivity contribution in [3.63, 3.8) is 0 Å². The van der Waals surface area contributed by atoms with E-state index >= 15 is 0 Å². The maximum atomic E-state index is 10.7. The number of hydrogen-bond acceptors (Lipinski definition) is 3. The monoisotopic (exact) mass is 289 g/mol. The number of rotatable bonds is 4. The molecule has 1 aromatic carbocycles. The molecule has 0 amide bonds. The zero-order chi connectivity index (χ0) is 14.9. The van der Waals surface area contributed by atoms with Crippen LogP contribution in [0.1, 0.15) is 50.7 Å². The number of aliphatic hydroxyl groups is 1. The van der Waals surface area contributed by atoms with Gasteiger partial charge in [-0.05, 0) is 48.3 Å². The third kappa shape index (κ3) is 3.58. The van der Waals surface area contributed by atoms with Crippen LogP contribution in [0.25, 0.3) is 0 Å². The van der Waals surface area contributed by atoms with Gasteiger partial charge in [-0.15, -0.1) is 0 Å². The van der Waals surface area contributed by atoms with Crippen LogP contribution in [0.15, 0.2) is 18.2 Å². The van der Waals surface area contributed by atoms with Crippen molar-refractivity contribution in [2.75, 3.05) is 13.2 Å². The fourth-order valence-electron chi connectivity index (χ4n) is 3.36. The number of fused-ring (bicyclic) bond motifs is 1. The summed E-state index contributed by atoms with van der Waals surface area (Å²) in [6, 6.07) is 6.41. The summed E-state index contributed by atoms with van der Waals surface area (Å²) in [7, 11) is 0. The second-order valence-corrected chi connectivity index (χ2v) is 7.53. The van der Waals surface area contributed by atoms with Gasteiger partial charge in [-0.25, -0.2) is 0 Å². The molecule has 0 spiro atoms. The average Bonchev–Trinajstić information content (AvgIpc) is 2.90. The molecule has 2 N–H and O–H groups in total. The van der Waals surface area contributed by atoms with Crippen LogP contribution in [0.4, 0.5) is 0 Å². The van der Waals surface area contributed by atoms with Crippen LogP contribution in [-0.2, 0) is 13.0 Å². The molecule has 3 heteroatoms. The van der Waals surface area contributed by atoms with Gasteiger partial charge in [-0.2, -0.15) is 0 Å². The smallest absolute Gasteiger partial charge is 0.122 e. The molecule has 1 aliphatic carbocycles. The molecule has 21 heavy (non-hydrogen) atoms. The lowest BCUT2D eigenvalue weighted by molar-refractivity contribution is -0.0245. The zero-order valence-electron chi connectivity index (χ0n) is 13.2. The highest BCUT2D eigenvalue weighted by molar-refractivity contribution is 5.39. The Kier molecular flexibility index (Phi) is 3.98. The Balaban J connectivity index is 1.50. The van der Waals surface area contributed by atoms with Crippen molar-refractivity contribution in [2.45, 2.75) is 58.1 Å². The van der Waals surface area contributed by atoms with Crippen LogP contribution in [-0.4, -0.2) is 23.9 Å². The molecule has 1 fully saturated rings. The number of ether oxygens (including phenoxy) is 1. The van der Waals surface area contributed by atoms with Crippen LogP contribution in [0.2, 0.25) is 0 Å². The van der Waals surface area contributed by atoms with Crippen LogP contribution < -0.4 is 10.1 Å². The first-order chi connectivity index (χ1) is 9.96. The molecule has 2 aliphatic rings. The maximum absolute atomic E-state index is 10.7. The first kappa shape index (κ1) is 14.9. The lowest BCUT2D eigenvalue weighted by Gasteiger charge is -2.40. The van der Waals surface area contributed by atoms with Gasteiger partial charge in [0.2, 0.25) is 0 Å². The molecular weight excluding hydrogens is 262 g/mol. The second kappa shape index (κ2) is 5.62. The predicted octanol–water partition coefficient (Wildman–Crippen LogP) is 3.04. The molecule has 1 heterocycles. The van der Waals surface area contributed by atoms with E-state index in [1.165, 1.54) is 11.1 Å². The molecule has 0 saturated heterocycles. The van der Waals surface area contributed by atoms with Gasteiger partial charge in [0.1, 0.15) is 5.75 Å². The maximum Gasteiger partial charge on any atom is 0.122 e. The Hall–Kier alpha value is -1.06. The van der Waals surface area contributed by atoms with Crippen LogP contribution in [0, 0.1) is 5.41 Å². The van der Waals surface area contributed by atoms with E-state index in [1.54, 1.807) is 0 Å². The molecule has 0 atom stereocenters. The van der Waals surface area contributed by atoms with Gasteiger partial charge in [0.15, 0.2) is 0 Å². The van der Waals surface area contributed by atoms with Gasteiger partial charge in [-0.3, -0.25) is 0 Å². The van der Waals surface area contributed by atoms with Gasteiger partial charge in [-0.1, -0.05) is 26.0 Å². The molecule has 0 radical (unpaired) electrons. The first-order valence-corrected chi connectivity index (χ1v) is 8.14. The minimum atomic E-state index is -0.518. The molecule has 3 rings (SSSR count). The summed E-state index contributed by atoms with van der Waals surface area (Å²) in [6.45, 7) is 6.91. The number of nitrogens with one attached hydrogen (secondary N) is 1. The van der Waals surface area contributed by atoms with Crippen molar-refractivity contribution in [1.29, 1.82) is 0 Å². The van der Waals surface area contributed by atoms with E-state index < -0.39 is 5.60 Å². The van der Waals surface area contributed by atoms with E-state index in [9.17, 15) is 5.11 Å². The molecule has 1 aliphatic heterocycles. The highest BCUT2D eigenvalue weighted by Crippen LogP contribution is 2.39. The normalized spacial score (nSPS) is 22.6. The van der Waals surface area contributed by atoms with Crippen LogP contribution in [0.3, 0.4) is 0 Å². The summed E-state index contributed by atoms with van der Waals surface area (Å²) in [5.74, 6) is 1.03. The molecule has 1 saturated carbocycles. The largest absolute Gasteiger partial charge is 0.493 e. The standard InChI is InChI=1S/C18H27NO2/c1-17(2)6-8-18(20,9-7-17)13-19-12-14-3-4-16-15(11-14)5-10-21-16/h3-4,11,19-20H,5-10,12-13H2,1-2H3. The Labute approximate surface area is 127 Å². The molecule has 1 aromatic rings. The van der Waals surface area contributed by atoms with Crippen LogP contribution in [0.5, 0.6) is 5.75 Å². The van der Waals surface area contributed by atoms with Crippen molar-refractivity contribution in [3.8, 4) is 5.75 Å². The summed E-state index contributed by atoms with van der Waals surface area (Å²) in [6.07, 6.45) is 5.06. The summed E-state index contributed by atoms with van der Waals surface area (Å²) < 4.78 is 5.53. The van der Waals surface area contributed by atoms with Gasteiger partial charge < -0.3 is 15.2 Å². The van der Waals surface area contributed by atoms with Gasteiger partial charge in [0.25, 0.3) is 0 Å². The van der Waals surface area contributed by atoms with E-state index in [4.69, 9.17) is 4.74 Å². The van der Waals surface area contributed by atoms with Gasteiger partial charge in [0.05, 0.1) is 12.2 Å². The van der Waals surface area contributed by atoms with Gasteiger partial charge >= 0.3 is 0 Å². The Bertz CT molecular complexity index is 500. The van der Waals surface area contributed by atoms with E-state index in [2.05, 4.69) is 37.4 Å². The highest BCUT2D eigenvalue weighted by Gasteiger charge is 2.36. The predicted molar refractivity (Wildman–Crippen MR) is 84.5 cm³/mol. The summed E-state index contributed by atoms with van der Waals surface area (Å²) in [4.78, 5) is 0. The third-order valence-electron chi connectivity index (χ3n) is 5.07. The summed E-state index contributed by atoms with van der Waals surface area (Å²) in [5, 5.41) is 14.1. The van der Waals surface area contributed by atoms with Crippen molar-refractivity contribution in [1.82, 2.24) is 5.32 Å². The molecule has 0 unspecified atom stereocenters. The lowest BCUT2D eigenvalue weighted by atomic mass is 9.71. The van der Waals surface area contributed by atoms with E-state index in [1.807, 2.05) is 0 Å². The van der Waals surface area contributed by atoms with Crippen molar-refractivity contribution in [2.24, 2.45) is 5.41 Å².